The van der Waals surface area contributed by atoms with Gasteiger partial charge in [0.15, 0.2) is 0 Å². The molecule has 1 fully saturated rings. The first-order valence-electron chi connectivity index (χ1n) is 10.7. The normalized spacial score (nSPS) is 13.7. The zero-order chi connectivity index (χ0) is 22.8. The van der Waals surface area contributed by atoms with E-state index in [2.05, 4.69) is 66.4 Å². The van der Waals surface area contributed by atoms with Gasteiger partial charge in [0, 0.05) is 43.4 Å². The Morgan fingerprint density at radius 2 is 1.88 bits per heavy atom. The molecule has 2 aromatic heterocycles. The Bertz CT molecular complexity index is 1040. The number of morpholine rings is 1. The summed E-state index contributed by atoms with van der Waals surface area (Å²) in [5.41, 5.74) is 6.91. The summed E-state index contributed by atoms with van der Waals surface area (Å²) in [6, 6.07) is 14.6. The summed E-state index contributed by atoms with van der Waals surface area (Å²) < 4.78 is 5.00. The molecule has 1 N–H and O–H groups in total. The number of amides is 1. The van der Waals surface area contributed by atoms with Crippen LogP contribution >= 0.6 is 0 Å². The van der Waals surface area contributed by atoms with Crippen molar-refractivity contribution in [1.82, 2.24) is 14.9 Å². The van der Waals surface area contributed by atoms with Crippen molar-refractivity contribution >= 4 is 17.8 Å². The van der Waals surface area contributed by atoms with Crippen LogP contribution in [0, 0.1) is 13.8 Å². The van der Waals surface area contributed by atoms with E-state index in [0.29, 0.717) is 13.2 Å². The van der Waals surface area contributed by atoms with E-state index in [0.717, 1.165) is 47.6 Å². The summed E-state index contributed by atoms with van der Waals surface area (Å²) >= 11 is 0. The molecule has 4 rings (SSSR count). The van der Waals surface area contributed by atoms with E-state index in [9.17, 15) is 4.79 Å². The molecule has 0 aliphatic carbocycles. The topological polar surface area (TPSA) is 67.4 Å². The van der Waals surface area contributed by atoms with E-state index in [1.54, 1.807) is 11.1 Å². The number of carbonyl (C=O) groups excluding carboxylic acids is 1. The van der Waals surface area contributed by atoms with E-state index in [4.69, 9.17) is 4.74 Å². The summed E-state index contributed by atoms with van der Waals surface area (Å²) in [4.78, 5) is 20.5. The molecule has 1 saturated heterocycles. The summed E-state index contributed by atoms with van der Waals surface area (Å²) in [6.45, 7) is 9.12. The van der Waals surface area contributed by atoms with Crippen molar-refractivity contribution < 1.29 is 9.53 Å². The van der Waals surface area contributed by atoms with Crippen LogP contribution in [-0.4, -0.2) is 47.6 Å². The lowest BCUT2D eigenvalue weighted by Crippen LogP contribution is -2.34. The monoisotopic (exact) mass is 430 g/mol. The highest BCUT2D eigenvalue weighted by Gasteiger charge is 2.05. The quantitative estimate of drug-likeness (QED) is 0.594. The number of anilines is 1. The Morgan fingerprint density at radius 3 is 2.50 bits per heavy atom. The van der Waals surface area contributed by atoms with Crippen LogP contribution in [-0.2, 0) is 9.53 Å². The van der Waals surface area contributed by atoms with Crippen molar-refractivity contribution in [3.05, 3.63) is 83.9 Å². The van der Waals surface area contributed by atoms with E-state index in [-0.39, 0.29) is 0 Å². The summed E-state index contributed by atoms with van der Waals surface area (Å²) in [5, 5.41) is 3.30. The number of hydrogen-bond donors (Lipinski definition) is 1. The molecule has 0 radical (unpaired) electrons. The van der Waals surface area contributed by atoms with Gasteiger partial charge >= 0.3 is 0 Å². The molecule has 1 aromatic carbocycles. The predicted molar refractivity (Wildman–Crippen MR) is 129 cm³/mol. The number of benzene rings is 1. The third-order valence-corrected chi connectivity index (χ3v) is 5.17. The maximum absolute atomic E-state index is 10.0. The predicted octanol–water partition coefficient (Wildman–Crippen LogP) is 4.71. The fourth-order valence-electron chi connectivity index (χ4n) is 3.25. The first-order chi connectivity index (χ1) is 15.6. The van der Waals surface area contributed by atoms with Crippen LogP contribution in [0.2, 0.25) is 0 Å². The maximum atomic E-state index is 10.0. The van der Waals surface area contributed by atoms with Crippen LogP contribution in [0.25, 0.3) is 16.7 Å². The zero-order valence-corrected chi connectivity index (χ0v) is 18.9. The van der Waals surface area contributed by atoms with Gasteiger partial charge in [0.2, 0.25) is 6.41 Å². The highest BCUT2D eigenvalue weighted by atomic mass is 16.5. The van der Waals surface area contributed by atoms with E-state index < -0.39 is 0 Å². The molecule has 0 bridgehead atoms. The molecule has 0 unspecified atom stereocenters. The number of nitrogens with zero attached hydrogens (tertiary/aromatic N) is 3. The Labute approximate surface area is 190 Å². The molecule has 6 nitrogen and oxygen atoms in total. The van der Waals surface area contributed by atoms with Crippen LogP contribution < -0.4 is 5.32 Å². The third kappa shape index (κ3) is 6.75. The average Bonchev–Trinajstić information content (AvgIpc) is 2.84. The summed E-state index contributed by atoms with van der Waals surface area (Å²) in [5.74, 6) is 0.870. The molecular weight excluding hydrogens is 400 g/mol. The van der Waals surface area contributed by atoms with Crippen molar-refractivity contribution in [1.29, 1.82) is 0 Å². The minimum absolute atomic E-state index is 0.693. The number of allylic oxidation sites excluding steroid dienone is 1. The van der Waals surface area contributed by atoms with Crippen LogP contribution in [0.3, 0.4) is 0 Å². The van der Waals surface area contributed by atoms with Crippen LogP contribution in [0.1, 0.15) is 23.6 Å². The molecule has 1 aliphatic rings. The molecule has 1 amide bonds. The lowest BCUT2D eigenvalue weighted by atomic mass is 10.0. The maximum Gasteiger partial charge on any atom is 0.209 e. The smallest absolute Gasteiger partial charge is 0.209 e. The number of carbonyl (C=O) groups is 1. The second-order valence-corrected chi connectivity index (χ2v) is 7.73. The Balaban J connectivity index is 0.000000305. The van der Waals surface area contributed by atoms with Crippen LogP contribution in [0.4, 0.5) is 5.82 Å². The number of rotatable bonds is 5. The Morgan fingerprint density at radius 1 is 1.06 bits per heavy atom. The summed E-state index contributed by atoms with van der Waals surface area (Å²) in [7, 11) is 0. The van der Waals surface area contributed by atoms with Gasteiger partial charge in [-0.3, -0.25) is 9.78 Å². The molecule has 166 valence electrons. The number of hydrogen-bond acceptors (Lipinski definition) is 5. The zero-order valence-electron chi connectivity index (χ0n) is 18.9. The van der Waals surface area contributed by atoms with Gasteiger partial charge in [-0.15, -0.1) is 0 Å². The first-order valence-corrected chi connectivity index (χ1v) is 10.7. The van der Waals surface area contributed by atoms with Gasteiger partial charge in [0.25, 0.3) is 0 Å². The Hall–Kier alpha value is -3.51. The Kier molecular flexibility index (Phi) is 8.52. The summed E-state index contributed by atoms with van der Waals surface area (Å²) in [6.07, 6.45) is 8.38. The molecular formula is C26H30N4O2. The van der Waals surface area contributed by atoms with Crippen LogP contribution in [0.15, 0.2) is 67.3 Å². The highest BCUT2D eigenvalue weighted by Crippen LogP contribution is 2.24. The van der Waals surface area contributed by atoms with Gasteiger partial charge in [-0.1, -0.05) is 35.9 Å². The van der Waals surface area contributed by atoms with Gasteiger partial charge in [0.1, 0.15) is 5.82 Å². The SMILES string of the molecule is C/C(=C\Nc1ncc(-c2cccc(C)c2)cc1C)c1cccnc1.O=CN1CCOCC1. The van der Waals surface area contributed by atoms with Gasteiger partial charge in [-0.05, 0) is 55.2 Å². The van der Waals surface area contributed by atoms with Crippen molar-refractivity contribution in [2.75, 3.05) is 31.6 Å². The van der Waals surface area contributed by atoms with Crippen molar-refractivity contribution in [3.8, 4) is 11.1 Å². The van der Waals surface area contributed by atoms with E-state index in [1.165, 1.54) is 11.1 Å². The first kappa shape index (κ1) is 23.2. The second-order valence-electron chi connectivity index (χ2n) is 7.73. The lowest BCUT2D eigenvalue weighted by Gasteiger charge is -2.21. The van der Waals surface area contributed by atoms with Crippen molar-refractivity contribution in [2.24, 2.45) is 0 Å². The number of ether oxygens (including phenoxy) is 1. The second kappa shape index (κ2) is 11.8. The molecule has 1 aliphatic heterocycles. The van der Waals surface area contributed by atoms with Crippen molar-refractivity contribution in [2.45, 2.75) is 20.8 Å². The number of nitrogens with one attached hydrogen (secondary N) is 1. The van der Waals surface area contributed by atoms with Gasteiger partial charge < -0.3 is 15.0 Å². The third-order valence-electron chi connectivity index (χ3n) is 5.17. The molecule has 6 heteroatoms. The van der Waals surface area contributed by atoms with E-state index in [1.807, 2.05) is 30.7 Å². The van der Waals surface area contributed by atoms with Crippen LogP contribution in [0.5, 0.6) is 0 Å². The standard InChI is InChI=1S/C21H21N3.C5H9NO2/c1-15-6-4-7-18(10-15)20-11-16(2)21(24-14-20)23-12-17(3)19-8-5-9-22-13-19;7-5-6-1-3-8-4-2-6/h4-14H,1-3H3,(H,23,24);5H,1-4H2/b17-12+;. The minimum atomic E-state index is 0.693. The number of pyridine rings is 2. The highest BCUT2D eigenvalue weighted by molar-refractivity contribution is 5.68. The largest absolute Gasteiger partial charge is 0.378 e. The number of aryl methyl sites for hydroxylation is 2. The molecule has 3 aromatic rings. The average molecular weight is 431 g/mol. The molecule has 0 spiro atoms. The minimum Gasteiger partial charge on any atom is -0.378 e. The molecule has 32 heavy (non-hydrogen) atoms. The van der Waals surface area contributed by atoms with Gasteiger partial charge in [0.05, 0.1) is 13.2 Å². The van der Waals surface area contributed by atoms with Gasteiger partial charge in [-0.2, -0.15) is 0 Å². The molecule has 3 heterocycles. The van der Waals surface area contributed by atoms with Gasteiger partial charge in [-0.25, -0.2) is 4.98 Å². The fourth-order valence-corrected chi connectivity index (χ4v) is 3.25. The van der Waals surface area contributed by atoms with E-state index >= 15 is 0 Å². The molecule has 0 saturated carbocycles. The fraction of sp³-hybridized carbons (Fsp3) is 0.269. The van der Waals surface area contributed by atoms with Crippen molar-refractivity contribution in [3.63, 3.8) is 0 Å². The molecule has 0 atom stereocenters. The number of aromatic nitrogens is 2. The lowest BCUT2D eigenvalue weighted by molar-refractivity contribution is -0.121.